The number of nitro benzene ring substituents is 3. The van der Waals surface area contributed by atoms with E-state index in [4.69, 9.17) is 0 Å². The van der Waals surface area contributed by atoms with Crippen LogP contribution in [0.5, 0.6) is 0 Å². The zero-order valence-electron chi connectivity index (χ0n) is 21.2. The van der Waals surface area contributed by atoms with Crippen LogP contribution in [0.3, 0.4) is 0 Å². The molecule has 1 aromatic heterocycles. The number of para-hydroxylation sites is 1. The predicted molar refractivity (Wildman–Crippen MR) is 155 cm³/mol. The minimum atomic E-state index is -0.473. The summed E-state index contributed by atoms with van der Waals surface area (Å²) >= 11 is 0. The van der Waals surface area contributed by atoms with Gasteiger partial charge in [-0.2, -0.15) is 0 Å². The Balaban J connectivity index is 1.55. The van der Waals surface area contributed by atoms with Crippen molar-refractivity contribution >= 4 is 55.9 Å². The molecule has 0 atom stereocenters. The minimum Gasteiger partial charge on any atom is -0.310 e. The van der Waals surface area contributed by atoms with E-state index in [2.05, 4.69) is 0 Å². The van der Waals surface area contributed by atoms with Gasteiger partial charge in [0, 0.05) is 69.9 Å². The average molecular weight is 546 g/mol. The molecule has 6 rings (SSSR count). The van der Waals surface area contributed by atoms with Gasteiger partial charge in [0.2, 0.25) is 0 Å². The van der Waals surface area contributed by atoms with E-state index in [1.807, 2.05) is 51.9 Å². The molecule has 0 spiro atoms. The molecule has 0 aliphatic heterocycles. The van der Waals surface area contributed by atoms with Gasteiger partial charge in [0.25, 0.3) is 17.1 Å². The fourth-order valence-corrected chi connectivity index (χ4v) is 5.00. The van der Waals surface area contributed by atoms with E-state index in [-0.39, 0.29) is 17.1 Å². The molecule has 0 unspecified atom stereocenters. The number of rotatable bonds is 7. The third-order valence-electron chi connectivity index (χ3n) is 6.87. The first kappa shape index (κ1) is 25.2. The van der Waals surface area contributed by atoms with Gasteiger partial charge in [0.15, 0.2) is 0 Å². The summed E-state index contributed by atoms with van der Waals surface area (Å²) in [5.74, 6) is 0. The van der Waals surface area contributed by atoms with Crippen LogP contribution in [0.4, 0.5) is 34.1 Å². The van der Waals surface area contributed by atoms with Crippen LogP contribution < -0.4 is 4.90 Å². The van der Waals surface area contributed by atoms with Gasteiger partial charge in [-0.25, -0.2) is 0 Å². The van der Waals surface area contributed by atoms with Crippen molar-refractivity contribution in [2.45, 2.75) is 0 Å². The van der Waals surface area contributed by atoms with Gasteiger partial charge in [-0.15, -0.1) is 0 Å². The van der Waals surface area contributed by atoms with Crippen molar-refractivity contribution in [3.05, 3.63) is 146 Å². The molecule has 0 fully saturated rings. The fraction of sp³-hybridized carbons (Fsp3) is 0. The van der Waals surface area contributed by atoms with Crippen molar-refractivity contribution < 1.29 is 14.8 Å². The average Bonchev–Trinajstić information content (AvgIpc) is 3.32. The molecule has 11 heteroatoms. The van der Waals surface area contributed by atoms with Crippen LogP contribution in [-0.4, -0.2) is 19.3 Å². The monoisotopic (exact) mass is 545 g/mol. The standard InChI is InChI=1S/C30H19N5O6/c36-33(37)23-11-5-20(6-12-23)31(21-7-13-24(14-8-21)34(38)39)26-17-18-30-28(19-26)27-3-1-2-4-29(27)32(30)22-9-15-25(16-10-22)35(40)41/h1-19H. The van der Waals surface area contributed by atoms with Crippen LogP contribution in [0.25, 0.3) is 27.5 Å². The van der Waals surface area contributed by atoms with Gasteiger partial charge in [0.1, 0.15) is 0 Å². The number of benzene rings is 5. The highest BCUT2D eigenvalue weighted by molar-refractivity contribution is 6.10. The predicted octanol–water partition coefficient (Wildman–Crippen LogP) is 7.98. The first-order valence-corrected chi connectivity index (χ1v) is 12.4. The molecule has 41 heavy (non-hydrogen) atoms. The summed E-state index contributed by atoms with van der Waals surface area (Å²) in [4.78, 5) is 34.2. The number of non-ortho nitro benzene ring substituents is 3. The van der Waals surface area contributed by atoms with Crippen molar-refractivity contribution in [1.29, 1.82) is 0 Å². The Morgan fingerprint density at radius 2 is 0.927 bits per heavy atom. The number of hydrogen-bond donors (Lipinski definition) is 0. The van der Waals surface area contributed by atoms with E-state index in [0.29, 0.717) is 11.4 Å². The third-order valence-corrected chi connectivity index (χ3v) is 6.87. The Hall–Kier alpha value is -6.10. The molecule has 0 bridgehead atoms. The summed E-state index contributed by atoms with van der Waals surface area (Å²) in [6.07, 6.45) is 0. The highest BCUT2D eigenvalue weighted by Gasteiger charge is 2.19. The van der Waals surface area contributed by atoms with Crippen LogP contribution >= 0.6 is 0 Å². The van der Waals surface area contributed by atoms with E-state index < -0.39 is 14.8 Å². The van der Waals surface area contributed by atoms with Gasteiger partial charge < -0.3 is 9.47 Å². The van der Waals surface area contributed by atoms with Gasteiger partial charge >= 0.3 is 0 Å². The molecule has 0 aliphatic rings. The second-order valence-corrected chi connectivity index (χ2v) is 9.21. The highest BCUT2D eigenvalue weighted by Crippen LogP contribution is 2.40. The zero-order chi connectivity index (χ0) is 28.7. The highest BCUT2D eigenvalue weighted by atomic mass is 16.6. The lowest BCUT2D eigenvalue weighted by Crippen LogP contribution is -2.10. The van der Waals surface area contributed by atoms with Crippen LogP contribution in [0, 0.1) is 30.3 Å². The molecule has 0 radical (unpaired) electrons. The van der Waals surface area contributed by atoms with Crippen LogP contribution in [0.15, 0.2) is 115 Å². The normalized spacial score (nSPS) is 11.0. The molecule has 0 saturated heterocycles. The van der Waals surface area contributed by atoms with Crippen molar-refractivity contribution in [3.8, 4) is 5.69 Å². The van der Waals surface area contributed by atoms with E-state index in [0.717, 1.165) is 33.2 Å². The number of hydrogen-bond acceptors (Lipinski definition) is 7. The molecule has 0 aliphatic carbocycles. The quantitative estimate of drug-likeness (QED) is 0.146. The molecule has 0 amide bonds. The van der Waals surface area contributed by atoms with Gasteiger partial charge in [-0.1, -0.05) is 18.2 Å². The Kier molecular flexibility index (Phi) is 6.08. The summed E-state index contributed by atoms with van der Waals surface area (Å²) in [6.45, 7) is 0. The molecular weight excluding hydrogens is 526 g/mol. The summed E-state index contributed by atoms with van der Waals surface area (Å²) < 4.78 is 2.03. The van der Waals surface area contributed by atoms with Crippen LogP contribution in [-0.2, 0) is 0 Å². The second-order valence-electron chi connectivity index (χ2n) is 9.21. The molecule has 1 heterocycles. The lowest BCUT2D eigenvalue weighted by Gasteiger charge is -2.25. The first-order valence-electron chi connectivity index (χ1n) is 12.4. The Bertz CT molecular complexity index is 1910. The lowest BCUT2D eigenvalue weighted by atomic mass is 10.1. The van der Waals surface area contributed by atoms with E-state index in [9.17, 15) is 30.3 Å². The van der Waals surface area contributed by atoms with Crippen molar-refractivity contribution in [3.63, 3.8) is 0 Å². The number of anilines is 3. The Labute approximate surface area is 231 Å². The molecule has 5 aromatic carbocycles. The number of aromatic nitrogens is 1. The largest absolute Gasteiger partial charge is 0.310 e. The molecule has 6 aromatic rings. The molecule has 0 saturated carbocycles. The van der Waals surface area contributed by atoms with Gasteiger partial charge in [-0.3, -0.25) is 30.3 Å². The molecule has 200 valence electrons. The SMILES string of the molecule is O=[N+]([O-])c1ccc(N(c2ccc([N+](=O)[O-])cc2)c2ccc3c(c2)c2ccccc2n3-c2ccc([N+](=O)[O-])cc2)cc1. The van der Waals surface area contributed by atoms with E-state index in [1.54, 1.807) is 36.4 Å². The Morgan fingerprint density at radius 1 is 0.488 bits per heavy atom. The summed E-state index contributed by atoms with van der Waals surface area (Å²) in [7, 11) is 0. The summed E-state index contributed by atoms with van der Waals surface area (Å²) in [6, 6.07) is 32.1. The van der Waals surface area contributed by atoms with Crippen molar-refractivity contribution in [1.82, 2.24) is 4.57 Å². The van der Waals surface area contributed by atoms with E-state index in [1.165, 1.54) is 36.4 Å². The summed E-state index contributed by atoms with van der Waals surface area (Å²) in [5, 5.41) is 35.6. The molecular formula is C30H19N5O6. The maximum Gasteiger partial charge on any atom is 0.269 e. The number of nitrogens with zero attached hydrogens (tertiary/aromatic N) is 5. The smallest absolute Gasteiger partial charge is 0.269 e. The number of fused-ring (bicyclic) bond motifs is 3. The lowest BCUT2D eigenvalue weighted by molar-refractivity contribution is -0.385. The van der Waals surface area contributed by atoms with Crippen LogP contribution in [0.2, 0.25) is 0 Å². The minimum absolute atomic E-state index is 0.00126. The topological polar surface area (TPSA) is 138 Å². The van der Waals surface area contributed by atoms with Gasteiger partial charge in [-0.05, 0) is 60.7 Å². The number of nitro groups is 3. The van der Waals surface area contributed by atoms with Crippen LogP contribution in [0.1, 0.15) is 0 Å². The molecule has 11 nitrogen and oxygen atoms in total. The molecule has 0 N–H and O–H groups in total. The van der Waals surface area contributed by atoms with Gasteiger partial charge in [0.05, 0.1) is 25.8 Å². The summed E-state index contributed by atoms with van der Waals surface area (Å²) in [5.41, 5.74) is 4.41. The second kappa shape index (κ2) is 9.89. The Morgan fingerprint density at radius 3 is 1.44 bits per heavy atom. The maximum absolute atomic E-state index is 11.3. The third kappa shape index (κ3) is 4.46. The van der Waals surface area contributed by atoms with Crippen molar-refractivity contribution in [2.75, 3.05) is 4.90 Å². The fourth-order valence-electron chi connectivity index (χ4n) is 5.00. The zero-order valence-corrected chi connectivity index (χ0v) is 21.2. The van der Waals surface area contributed by atoms with Crippen molar-refractivity contribution in [2.24, 2.45) is 0 Å². The first-order chi connectivity index (χ1) is 19.8. The van der Waals surface area contributed by atoms with E-state index >= 15 is 0 Å². The maximum atomic E-state index is 11.3.